The third-order valence-electron chi connectivity index (χ3n) is 5.58. The summed E-state index contributed by atoms with van der Waals surface area (Å²) in [6.07, 6.45) is 0. The van der Waals surface area contributed by atoms with Gasteiger partial charge in [0.25, 0.3) is 0 Å². The molecular formula is C24H27N5OS. The number of rotatable bonds is 5. The number of thiazole rings is 1. The summed E-state index contributed by atoms with van der Waals surface area (Å²) >= 11 is 1.64. The van der Waals surface area contributed by atoms with E-state index in [-0.39, 0.29) is 7.47 Å². The van der Waals surface area contributed by atoms with Crippen LogP contribution in [-0.2, 0) is 4.74 Å². The van der Waals surface area contributed by atoms with Crippen LogP contribution >= 0.6 is 11.3 Å². The number of anilines is 2. The topological polar surface area (TPSA) is 63.2 Å². The summed E-state index contributed by atoms with van der Waals surface area (Å²) in [5, 5.41) is 3.57. The highest BCUT2D eigenvalue weighted by molar-refractivity contribution is 7.16. The first kappa shape index (κ1) is 19.9. The molecule has 6 nitrogen and oxygen atoms in total. The number of hydrogen-bond acceptors (Lipinski definition) is 7. The molecule has 0 bridgehead atoms. The number of nitrogens with zero attached hydrogens (tertiary/aromatic N) is 4. The Kier molecular flexibility index (Phi) is 5.53. The van der Waals surface area contributed by atoms with Crippen LogP contribution in [0, 0.1) is 6.92 Å². The van der Waals surface area contributed by atoms with Crippen LogP contribution < -0.4 is 10.2 Å². The van der Waals surface area contributed by atoms with Gasteiger partial charge in [-0.15, -0.1) is 11.3 Å². The standard InChI is InChI=1S/C24H25N5OS.H2/c1-16(18-4-3-5-20(12-18)29-8-10-30-11-9-29)26-24-14-22(27-17(2)28-24)19-6-7-21-23(13-19)31-15-25-21;/h3-7,12-16H,8-11H2,1-2H3,(H,26,27,28);1H. The molecule has 1 aliphatic heterocycles. The van der Waals surface area contributed by atoms with E-state index in [1.807, 2.05) is 24.6 Å². The van der Waals surface area contributed by atoms with Gasteiger partial charge in [0.2, 0.25) is 0 Å². The highest BCUT2D eigenvalue weighted by Gasteiger charge is 2.14. The number of aromatic nitrogens is 3. The Hall–Kier alpha value is -3.03. The summed E-state index contributed by atoms with van der Waals surface area (Å²) in [5.41, 5.74) is 7.36. The average Bonchev–Trinajstić information content (AvgIpc) is 3.27. The minimum absolute atomic E-state index is 0. The molecule has 160 valence electrons. The van der Waals surface area contributed by atoms with Gasteiger partial charge in [0, 0.05) is 31.8 Å². The fraction of sp³-hybridized carbons (Fsp3) is 0.292. The molecule has 7 heteroatoms. The van der Waals surface area contributed by atoms with Gasteiger partial charge >= 0.3 is 0 Å². The predicted molar refractivity (Wildman–Crippen MR) is 129 cm³/mol. The van der Waals surface area contributed by atoms with Crippen LogP contribution in [0.2, 0.25) is 0 Å². The average molecular weight is 434 g/mol. The van der Waals surface area contributed by atoms with Crippen molar-refractivity contribution >= 4 is 33.1 Å². The second kappa shape index (κ2) is 8.61. The lowest BCUT2D eigenvalue weighted by atomic mass is 10.1. The first-order valence-corrected chi connectivity index (χ1v) is 11.4. The highest BCUT2D eigenvalue weighted by atomic mass is 32.1. The van der Waals surface area contributed by atoms with E-state index in [4.69, 9.17) is 4.74 Å². The molecule has 31 heavy (non-hydrogen) atoms. The molecule has 0 saturated carbocycles. The molecule has 0 amide bonds. The fourth-order valence-corrected chi connectivity index (χ4v) is 4.64. The molecule has 1 aliphatic rings. The van der Waals surface area contributed by atoms with Gasteiger partial charge in [-0.05, 0) is 43.7 Å². The van der Waals surface area contributed by atoms with Crippen LogP contribution in [-0.4, -0.2) is 41.3 Å². The molecule has 0 spiro atoms. The van der Waals surface area contributed by atoms with E-state index in [1.165, 1.54) is 11.3 Å². The molecule has 1 atom stereocenters. The number of fused-ring (bicyclic) bond motifs is 1. The molecule has 1 fully saturated rings. The first-order chi connectivity index (χ1) is 15.2. The van der Waals surface area contributed by atoms with Crippen LogP contribution in [0.5, 0.6) is 0 Å². The molecule has 1 N–H and O–H groups in total. The molecule has 1 unspecified atom stereocenters. The Bertz CT molecular complexity index is 1210. The predicted octanol–water partition coefficient (Wildman–Crippen LogP) is 5.32. The summed E-state index contributed by atoms with van der Waals surface area (Å²) in [6, 6.07) is 17.1. The molecule has 0 radical (unpaired) electrons. The lowest BCUT2D eigenvalue weighted by Crippen LogP contribution is -2.36. The molecule has 5 rings (SSSR count). The summed E-state index contributed by atoms with van der Waals surface area (Å²) < 4.78 is 6.65. The highest BCUT2D eigenvalue weighted by Crippen LogP contribution is 2.28. The van der Waals surface area contributed by atoms with Crippen molar-refractivity contribution in [3.8, 4) is 11.3 Å². The van der Waals surface area contributed by atoms with Crippen LogP contribution in [0.1, 0.15) is 25.8 Å². The van der Waals surface area contributed by atoms with Crippen molar-refractivity contribution < 1.29 is 6.16 Å². The number of hydrogen-bond donors (Lipinski definition) is 1. The lowest BCUT2D eigenvalue weighted by molar-refractivity contribution is 0.122. The molecule has 3 heterocycles. The van der Waals surface area contributed by atoms with Crippen molar-refractivity contribution in [3.63, 3.8) is 0 Å². The zero-order chi connectivity index (χ0) is 21.2. The monoisotopic (exact) mass is 433 g/mol. The van der Waals surface area contributed by atoms with Crippen molar-refractivity contribution in [2.75, 3.05) is 36.5 Å². The summed E-state index contributed by atoms with van der Waals surface area (Å²) in [6.45, 7) is 7.54. The second-order valence-corrected chi connectivity index (χ2v) is 8.67. The minimum Gasteiger partial charge on any atom is -0.378 e. The molecule has 1 saturated heterocycles. The van der Waals surface area contributed by atoms with Crippen LogP contribution in [0.25, 0.3) is 21.5 Å². The molecule has 2 aromatic heterocycles. The van der Waals surface area contributed by atoms with Gasteiger partial charge in [-0.1, -0.05) is 18.2 Å². The minimum atomic E-state index is 0. The first-order valence-electron chi connectivity index (χ1n) is 10.5. The van der Waals surface area contributed by atoms with Gasteiger partial charge < -0.3 is 15.0 Å². The Morgan fingerprint density at radius 3 is 2.84 bits per heavy atom. The largest absolute Gasteiger partial charge is 0.378 e. The number of benzene rings is 2. The van der Waals surface area contributed by atoms with E-state index in [1.54, 1.807) is 11.3 Å². The Labute approximate surface area is 187 Å². The number of aryl methyl sites for hydroxylation is 1. The van der Waals surface area contributed by atoms with E-state index in [9.17, 15) is 0 Å². The fourth-order valence-electron chi connectivity index (χ4n) is 3.92. The van der Waals surface area contributed by atoms with Crippen LogP contribution in [0.4, 0.5) is 11.5 Å². The van der Waals surface area contributed by atoms with Crippen molar-refractivity contribution in [3.05, 3.63) is 65.4 Å². The summed E-state index contributed by atoms with van der Waals surface area (Å²) in [7, 11) is 0. The maximum absolute atomic E-state index is 5.48. The van der Waals surface area contributed by atoms with Gasteiger partial charge in [-0.2, -0.15) is 0 Å². The lowest BCUT2D eigenvalue weighted by Gasteiger charge is -2.29. The van der Waals surface area contributed by atoms with E-state index < -0.39 is 0 Å². The third kappa shape index (κ3) is 4.38. The van der Waals surface area contributed by atoms with E-state index >= 15 is 0 Å². The van der Waals surface area contributed by atoms with E-state index in [0.717, 1.165) is 59.4 Å². The second-order valence-electron chi connectivity index (χ2n) is 7.78. The van der Waals surface area contributed by atoms with E-state index in [2.05, 4.69) is 68.5 Å². The van der Waals surface area contributed by atoms with Crippen molar-refractivity contribution in [1.82, 2.24) is 15.0 Å². The zero-order valence-corrected chi connectivity index (χ0v) is 18.5. The SMILES string of the molecule is Cc1nc(NC(C)c2cccc(N3CCOCC3)c2)cc(-c2ccc3ncsc3c2)n1.[HH]. The van der Waals surface area contributed by atoms with E-state index in [0.29, 0.717) is 0 Å². The summed E-state index contributed by atoms with van der Waals surface area (Å²) in [5.74, 6) is 1.58. The molecular weight excluding hydrogens is 406 g/mol. The Morgan fingerprint density at radius 2 is 1.97 bits per heavy atom. The smallest absolute Gasteiger partial charge is 0.130 e. The number of morpholine rings is 1. The zero-order valence-electron chi connectivity index (χ0n) is 17.7. The van der Waals surface area contributed by atoms with Gasteiger partial charge in [0.15, 0.2) is 0 Å². The Balaban J connectivity index is 0.00000245. The maximum Gasteiger partial charge on any atom is 0.130 e. The number of nitrogens with one attached hydrogen (secondary N) is 1. The normalized spacial score (nSPS) is 15.2. The summed E-state index contributed by atoms with van der Waals surface area (Å²) in [4.78, 5) is 16.0. The van der Waals surface area contributed by atoms with Gasteiger partial charge in [0.1, 0.15) is 11.6 Å². The molecule has 0 aliphatic carbocycles. The van der Waals surface area contributed by atoms with Gasteiger partial charge in [0.05, 0.1) is 40.7 Å². The number of ether oxygens (including phenoxy) is 1. The quantitative estimate of drug-likeness (QED) is 0.460. The molecule has 4 aromatic rings. The van der Waals surface area contributed by atoms with Gasteiger partial charge in [-0.3, -0.25) is 0 Å². The van der Waals surface area contributed by atoms with Gasteiger partial charge in [-0.25, -0.2) is 15.0 Å². The molecule has 2 aromatic carbocycles. The maximum atomic E-state index is 5.48. The van der Waals surface area contributed by atoms with Crippen molar-refractivity contribution in [2.24, 2.45) is 0 Å². The van der Waals surface area contributed by atoms with Crippen LogP contribution in [0.3, 0.4) is 0 Å². The van der Waals surface area contributed by atoms with Crippen molar-refractivity contribution in [1.29, 1.82) is 0 Å². The van der Waals surface area contributed by atoms with Crippen LogP contribution in [0.15, 0.2) is 54.0 Å². The van der Waals surface area contributed by atoms with Crippen molar-refractivity contribution in [2.45, 2.75) is 19.9 Å². The Morgan fingerprint density at radius 1 is 1.10 bits per heavy atom. The third-order valence-corrected chi connectivity index (χ3v) is 6.37.